The third kappa shape index (κ3) is 6.46. The van der Waals surface area contributed by atoms with Gasteiger partial charge in [0.2, 0.25) is 5.91 Å². The fourth-order valence-corrected chi connectivity index (χ4v) is 4.68. The maximum atomic E-state index is 12.9. The Kier molecular flexibility index (Phi) is 9.16. The lowest BCUT2D eigenvalue weighted by molar-refractivity contribution is -0.143. The molecule has 1 fully saturated rings. The van der Waals surface area contributed by atoms with E-state index in [0.29, 0.717) is 33.8 Å². The fourth-order valence-electron chi connectivity index (χ4n) is 3.27. The number of anilines is 1. The maximum absolute atomic E-state index is 12.9. The SMILES string of the molecule is CCOc1cc(/C=C2\SC(=O)N(CC(=O)Nc3cccc(C)c3C)C2=O)cc(Br)c1OCC(=O)OC. The molecule has 9 nitrogen and oxygen atoms in total. The quantitative estimate of drug-likeness (QED) is 0.338. The second kappa shape index (κ2) is 12.1. The summed E-state index contributed by atoms with van der Waals surface area (Å²) < 4.78 is 16.2. The molecular formula is C25H25BrN2O7S. The Morgan fingerprint density at radius 2 is 1.92 bits per heavy atom. The highest BCUT2D eigenvalue weighted by atomic mass is 79.9. The second-order valence-electron chi connectivity index (χ2n) is 7.69. The van der Waals surface area contributed by atoms with E-state index in [4.69, 9.17) is 9.47 Å². The van der Waals surface area contributed by atoms with Crippen LogP contribution in [0.3, 0.4) is 0 Å². The fraction of sp³-hybridized carbons (Fsp3) is 0.280. The molecule has 1 N–H and O–H groups in total. The Morgan fingerprint density at radius 1 is 1.17 bits per heavy atom. The van der Waals surface area contributed by atoms with Gasteiger partial charge in [-0.15, -0.1) is 0 Å². The minimum absolute atomic E-state index is 0.164. The standard InChI is InChI=1S/C25H25BrN2O7S/c1-5-34-19-10-16(9-17(26)23(19)35-13-22(30)33-4)11-20-24(31)28(25(32)36-20)12-21(29)27-18-8-6-7-14(2)15(18)3/h6-11H,5,12-13H2,1-4H3,(H,27,29)/b20-11-. The number of nitrogens with one attached hydrogen (secondary N) is 1. The van der Waals surface area contributed by atoms with Crippen molar-refractivity contribution in [3.63, 3.8) is 0 Å². The lowest BCUT2D eigenvalue weighted by Gasteiger charge is -2.15. The molecule has 0 radical (unpaired) electrons. The molecule has 0 aliphatic carbocycles. The van der Waals surface area contributed by atoms with Crippen molar-refractivity contribution in [2.24, 2.45) is 0 Å². The number of ether oxygens (including phenoxy) is 3. The number of carbonyl (C=O) groups is 4. The lowest BCUT2D eigenvalue weighted by Crippen LogP contribution is -2.36. The van der Waals surface area contributed by atoms with Gasteiger partial charge in [0.25, 0.3) is 11.1 Å². The highest BCUT2D eigenvalue weighted by molar-refractivity contribution is 9.10. The van der Waals surface area contributed by atoms with Gasteiger partial charge in [0.05, 0.1) is 23.1 Å². The van der Waals surface area contributed by atoms with E-state index in [1.165, 1.54) is 13.2 Å². The molecule has 0 spiro atoms. The zero-order chi connectivity index (χ0) is 26.4. The Morgan fingerprint density at radius 3 is 2.61 bits per heavy atom. The molecule has 1 saturated heterocycles. The number of methoxy groups -OCH3 is 1. The van der Waals surface area contributed by atoms with Crippen molar-refractivity contribution in [2.75, 3.05) is 32.2 Å². The average Bonchev–Trinajstić information content (AvgIpc) is 3.08. The number of rotatable bonds is 9. The first-order chi connectivity index (χ1) is 17.1. The van der Waals surface area contributed by atoms with Crippen LogP contribution in [0.4, 0.5) is 10.5 Å². The third-order valence-corrected chi connectivity index (χ3v) is 6.74. The zero-order valence-electron chi connectivity index (χ0n) is 20.2. The number of aryl methyl sites for hydroxylation is 1. The van der Waals surface area contributed by atoms with E-state index in [9.17, 15) is 19.2 Å². The number of esters is 1. The summed E-state index contributed by atoms with van der Waals surface area (Å²) in [6.45, 7) is 5.23. The summed E-state index contributed by atoms with van der Waals surface area (Å²) in [4.78, 5) is 50.5. The summed E-state index contributed by atoms with van der Waals surface area (Å²) in [5.41, 5.74) is 3.11. The van der Waals surface area contributed by atoms with Crippen LogP contribution in [0.2, 0.25) is 0 Å². The summed E-state index contributed by atoms with van der Waals surface area (Å²) in [6, 6.07) is 8.80. The number of halogens is 1. The van der Waals surface area contributed by atoms with Crippen molar-refractivity contribution < 1.29 is 33.4 Å². The summed E-state index contributed by atoms with van der Waals surface area (Å²) in [5.74, 6) is -0.949. The molecule has 3 amide bonds. The van der Waals surface area contributed by atoms with Crippen molar-refractivity contribution in [1.29, 1.82) is 0 Å². The molecule has 1 aliphatic heterocycles. The van der Waals surface area contributed by atoms with Gasteiger partial charge in [-0.1, -0.05) is 12.1 Å². The van der Waals surface area contributed by atoms with Crippen LogP contribution in [0, 0.1) is 13.8 Å². The monoisotopic (exact) mass is 576 g/mol. The Bertz CT molecular complexity index is 1250. The highest BCUT2D eigenvalue weighted by Crippen LogP contribution is 2.39. The molecule has 36 heavy (non-hydrogen) atoms. The van der Waals surface area contributed by atoms with Gasteiger partial charge in [-0.25, -0.2) is 4.79 Å². The number of thioether (sulfide) groups is 1. The maximum Gasteiger partial charge on any atom is 0.343 e. The largest absolute Gasteiger partial charge is 0.490 e. The Labute approximate surface area is 221 Å². The van der Waals surface area contributed by atoms with E-state index in [1.807, 2.05) is 26.0 Å². The number of hydrogen-bond acceptors (Lipinski definition) is 8. The predicted octanol–water partition coefficient (Wildman–Crippen LogP) is 4.69. The van der Waals surface area contributed by atoms with Crippen LogP contribution < -0.4 is 14.8 Å². The number of nitrogens with zero attached hydrogens (tertiary/aromatic N) is 1. The van der Waals surface area contributed by atoms with Crippen LogP contribution in [0.1, 0.15) is 23.6 Å². The Balaban J connectivity index is 1.77. The van der Waals surface area contributed by atoms with Crippen molar-refractivity contribution in [3.05, 3.63) is 56.4 Å². The van der Waals surface area contributed by atoms with Crippen LogP contribution in [0.5, 0.6) is 11.5 Å². The van der Waals surface area contributed by atoms with Gasteiger partial charge in [-0.05, 0) is 89.4 Å². The molecular weight excluding hydrogens is 552 g/mol. The van der Waals surface area contributed by atoms with Crippen LogP contribution >= 0.6 is 27.7 Å². The molecule has 2 aromatic rings. The number of imide groups is 1. The van der Waals surface area contributed by atoms with Gasteiger partial charge in [0, 0.05) is 5.69 Å². The zero-order valence-corrected chi connectivity index (χ0v) is 22.6. The van der Waals surface area contributed by atoms with Crippen molar-refractivity contribution in [3.8, 4) is 11.5 Å². The van der Waals surface area contributed by atoms with E-state index >= 15 is 0 Å². The number of benzene rings is 2. The molecule has 2 aromatic carbocycles. The molecule has 1 aliphatic rings. The van der Waals surface area contributed by atoms with Gasteiger partial charge >= 0.3 is 5.97 Å². The van der Waals surface area contributed by atoms with E-state index in [1.54, 1.807) is 25.1 Å². The van der Waals surface area contributed by atoms with Gasteiger partial charge in [-0.3, -0.25) is 19.3 Å². The number of amides is 3. The lowest BCUT2D eigenvalue weighted by atomic mass is 10.1. The van der Waals surface area contributed by atoms with E-state index in [-0.39, 0.29) is 11.5 Å². The number of carbonyl (C=O) groups excluding carboxylic acids is 4. The van der Waals surface area contributed by atoms with Crippen LogP contribution in [0.25, 0.3) is 6.08 Å². The van der Waals surface area contributed by atoms with Crippen molar-refractivity contribution in [1.82, 2.24) is 4.90 Å². The molecule has 0 unspecified atom stereocenters. The van der Waals surface area contributed by atoms with Crippen LogP contribution in [-0.4, -0.2) is 54.8 Å². The first-order valence-corrected chi connectivity index (χ1v) is 12.5. The molecule has 0 bridgehead atoms. The Hall–Kier alpha value is -3.31. The van der Waals surface area contributed by atoms with Crippen LogP contribution in [0.15, 0.2) is 39.7 Å². The molecule has 3 rings (SSSR count). The first kappa shape index (κ1) is 27.3. The molecule has 190 valence electrons. The topological polar surface area (TPSA) is 111 Å². The van der Waals surface area contributed by atoms with Crippen molar-refractivity contribution >= 4 is 62.5 Å². The highest BCUT2D eigenvalue weighted by Gasteiger charge is 2.36. The van der Waals surface area contributed by atoms with Gasteiger partial charge in [0.1, 0.15) is 6.54 Å². The van der Waals surface area contributed by atoms with Crippen molar-refractivity contribution in [2.45, 2.75) is 20.8 Å². The summed E-state index contributed by atoms with van der Waals surface area (Å²) >= 11 is 4.14. The summed E-state index contributed by atoms with van der Waals surface area (Å²) in [6.07, 6.45) is 1.53. The first-order valence-electron chi connectivity index (χ1n) is 10.9. The van der Waals surface area contributed by atoms with E-state index in [0.717, 1.165) is 27.8 Å². The molecule has 1 heterocycles. The van der Waals surface area contributed by atoms with Gasteiger partial charge in [-0.2, -0.15) is 0 Å². The van der Waals surface area contributed by atoms with E-state index in [2.05, 4.69) is 26.0 Å². The molecule has 0 atom stereocenters. The second-order valence-corrected chi connectivity index (χ2v) is 9.54. The summed E-state index contributed by atoms with van der Waals surface area (Å²) in [7, 11) is 1.26. The summed E-state index contributed by atoms with van der Waals surface area (Å²) in [5, 5.41) is 2.22. The van der Waals surface area contributed by atoms with Crippen LogP contribution in [-0.2, 0) is 19.1 Å². The van der Waals surface area contributed by atoms with Gasteiger partial charge < -0.3 is 19.5 Å². The van der Waals surface area contributed by atoms with Gasteiger partial charge in [0.15, 0.2) is 18.1 Å². The average molecular weight is 577 g/mol. The molecule has 0 aromatic heterocycles. The predicted molar refractivity (Wildman–Crippen MR) is 140 cm³/mol. The molecule has 0 saturated carbocycles. The third-order valence-electron chi connectivity index (χ3n) is 5.25. The van der Waals surface area contributed by atoms with E-state index < -0.39 is 29.6 Å². The number of hydrogen-bond donors (Lipinski definition) is 1. The minimum Gasteiger partial charge on any atom is -0.490 e. The molecule has 11 heteroatoms. The smallest absolute Gasteiger partial charge is 0.343 e. The minimum atomic E-state index is -0.568. The normalized spacial score (nSPS) is 14.2.